The molecule has 1 amide bonds. The van der Waals surface area contributed by atoms with Crippen LogP contribution in [0.4, 0.5) is 5.69 Å². The minimum atomic E-state index is -0.00585. The van der Waals surface area contributed by atoms with Crippen molar-refractivity contribution in [2.45, 2.75) is 52.5 Å². The molecule has 3 nitrogen and oxygen atoms in total. The number of anilines is 1. The highest BCUT2D eigenvalue weighted by atomic mass is 16.1. The van der Waals surface area contributed by atoms with Gasteiger partial charge in [0, 0.05) is 23.8 Å². The molecule has 0 aromatic heterocycles. The molecule has 0 spiro atoms. The molecule has 19 heavy (non-hydrogen) atoms. The number of hydrogen-bond acceptors (Lipinski definition) is 2. The van der Waals surface area contributed by atoms with Crippen molar-refractivity contribution in [1.29, 1.82) is 0 Å². The van der Waals surface area contributed by atoms with E-state index in [0.29, 0.717) is 12.6 Å². The molecular weight excluding hydrogens is 236 g/mol. The van der Waals surface area contributed by atoms with Gasteiger partial charge in [0.05, 0.1) is 0 Å². The summed E-state index contributed by atoms with van der Waals surface area (Å²) in [4.78, 5) is 11.8. The molecule has 0 unspecified atom stereocenters. The van der Waals surface area contributed by atoms with Crippen LogP contribution >= 0.6 is 0 Å². The average Bonchev–Trinajstić information content (AvgIpc) is 2.40. The quantitative estimate of drug-likeness (QED) is 0.748. The van der Waals surface area contributed by atoms with E-state index in [2.05, 4.69) is 24.5 Å². The third-order valence-corrected chi connectivity index (χ3v) is 3.11. The Labute approximate surface area is 116 Å². The van der Waals surface area contributed by atoms with E-state index >= 15 is 0 Å². The van der Waals surface area contributed by atoms with Gasteiger partial charge in [0.2, 0.25) is 0 Å². The lowest BCUT2D eigenvalue weighted by molar-refractivity contribution is 0.0956. The van der Waals surface area contributed by atoms with Crippen LogP contribution in [0.2, 0.25) is 0 Å². The monoisotopic (exact) mass is 262 g/mol. The van der Waals surface area contributed by atoms with Crippen LogP contribution in [-0.4, -0.2) is 18.5 Å². The Hall–Kier alpha value is -1.51. The maximum absolute atomic E-state index is 11.8. The zero-order valence-electron chi connectivity index (χ0n) is 12.3. The molecule has 0 fully saturated rings. The van der Waals surface area contributed by atoms with Crippen molar-refractivity contribution in [3.8, 4) is 0 Å². The van der Waals surface area contributed by atoms with Gasteiger partial charge >= 0.3 is 0 Å². The molecule has 0 aliphatic heterocycles. The van der Waals surface area contributed by atoms with Crippen molar-refractivity contribution < 1.29 is 4.79 Å². The van der Waals surface area contributed by atoms with E-state index in [1.807, 2.05) is 31.2 Å². The molecule has 3 heteroatoms. The minimum absolute atomic E-state index is 0.00585. The molecule has 0 atom stereocenters. The van der Waals surface area contributed by atoms with Crippen molar-refractivity contribution in [2.24, 2.45) is 0 Å². The molecule has 0 bridgehead atoms. The van der Waals surface area contributed by atoms with E-state index in [9.17, 15) is 4.79 Å². The lowest BCUT2D eigenvalue weighted by atomic mass is 10.1. The molecule has 0 heterocycles. The first kappa shape index (κ1) is 15.5. The molecular formula is C16H26N2O. The Morgan fingerprint density at radius 1 is 1.16 bits per heavy atom. The first-order chi connectivity index (χ1) is 9.21. The van der Waals surface area contributed by atoms with Crippen molar-refractivity contribution in [1.82, 2.24) is 5.32 Å². The van der Waals surface area contributed by atoms with E-state index in [-0.39, 0.29) is 5.91 Å². The molecule has 0 radical (unpaired) electrons. The van der Waals surface area contributed by atoms with Gasteiger partial charge < -0.3 is 10.6 Å². The van der Waals surface area contributed by atoms with Crippen LogP contribution in [0.3, 0.4) is 0 Å². The number of rotatable bonds is 8. The summed E-state index contributed by atoms with van der Waals surface area (Å²) in [5.74, 6) is -0.00585. The normalized spacial score (nSPS) is 10.5. The fourth-order valence-electron chi connectivity index (χ4n) is 2.23. The number of benzene rings is 1. The molecule has 0 aliphatic carbocycles. The fraction of sp³-hybridized carbons (Fsp3) is 0.562. The Morgan fingerprint density at radius 3 is 2.42 bits per heavy atom. The lowest BCUT2D eigenvalue weighted by Crippen LogP contribution is -2.23. The first-order valence-corrected chi connectivity index (χ1v) is 7.36. The second-order valence-electron chi connectivity index (χ2n) is 4.86. The van der Waals surface area contributed by atoms with Gasteiger partial charge in [-0.3, -0.25) is 4.79 Å². The largest absolute Gasteiger partial charge is 0.382 e. The van der Waals surface area contributed by atoms with Crippen LogP contribution in [0.15, 0.2) is 24.3 Å². The van der Waals surface area contributed by atoms with Crippen LogP contribution in [-0.2, 0) is 0 Å². The zero-order chi connectivity index (χ0) is 14.1. The molecule has 106 valence electrons. The summed E-state index contributed by atoms with van der Waals surface area (Å²) >= 11 is 0. The van der Waals surface area contributed by atoms with Gasteiger partial charge in [-0.15, -0.1) is 0 Å². The summed E-state index contributed by atoms with van der Waals surface area (Å²) < 4.78 is 0. The zero-order valence-corrected chi connectivity index (χ0v) is 12.3. The standard InChI is InChI=1S/C16H26N2O/c1-4-8-14(9-5-2)18-15-11-7-10-13(12-15)16(19)17-6-3/h7,10-12,14,18H,4-6,8-9H2,1-3H3,(H,17,19). The maximum atomic E-state index is 11.8. The maximum Gasteiger partial charge on any atom is 0.251 e. The summed E-state index contributed by atoms with van der Waals surface area (Å²) in [5.41, 5.74) is 1.76. The molecule has 1 aromatic carbocycles. The summed E-state index contributed by atoms with van der Waals surface area (Å²) in [6.07, 6.45) is 4.68. The summed E-state index contributed by atoms with van der Waals surface area (Å²) in [6, 6.07) is 8.25. The van der Waals surface area contributed by atoms with Crippen molar-refractivity contribution in [3.05, 3.63) is 29.8 Å². The van der Waals surface area contributed by atoms with Crippen molar-refractivity contribution >= 4 is 11.6 Å². The first-order valence-electron chi connectivity index (χ1n) is 7.36. The summed E-state index contributed by atoms with van der Waals surface area (Å²) in [5, 5.41) is 6.36. The van der Waals surface area contributed by atoms with Crippen LogP contribution in [0.1, 0.15) is 56.8 Å². The van der Waals surface area contributed by atoms with E-state index in [4.69, 9.17) is 0 Å². The molecule has 1 rings (SSSR count). The molecule has 0 saturated carbocycles. The number of nitrogens with one attached hydrogen (secondary N) is 2. The molecule has 0 saturated heterocycles. The van der Waals surface area contributed by atoms with Gasteiger partial charge in [0.15, 0.2) is 0 Å². The molecule has 1 aromatic rings. The van der Waals surface area contributed by atoms with Gasteiger partial charge in [-0.05, 0) is 38.0 Å². The highest BCUT2D eigenvalue weighted by Gasteiger charge is 2.08. The second-order valence-corrected chi connectivity index (χ2v) is 4.86. The third-order valence-electron chi connectivity index (χ3n) is 3.11. The Bertz CT molecular complexity index is 384. The van der Waals surface area contributed by atoms with E-state index < -0.39 is 0 Å². The van der Waals surface area contributed by atoms with Crippen molar-refractivity contribution in [2.75, 3.05) is 11.9 Å². The number of hydrogen-bond donors (Lipinski definition) is 2. The highest BCUT2D eigenvalue weighted by Crippen LogP contribution is 2.16. The smallest absolute Gasteiger partial charge is 0.251 e. The van der Waals surface area contributed by atoms with Crippen molar-refractivity contribution in [3.63, 3.8) is 0 Å². The van der Waals surface area contributed by atoms with Gasteiger partial charge in [-0.1, -0.05) is 32.8 Å². The molecule has 2 N–H and O–H groups in total. The van der Waals surface area contributed by atoms with Gasteiger partial charge in [0.1, 0.15) is 0 Å². The fourth-order valence-corrected chi connectivity index (χ4v) is 2.23. The topological polar surface area (TPSA) is 41.1 Å². The average molecular weight is 262 g/mol. The van der Waals surface area contributed by atoms with Crippen LogP contribution in [0.5, 0.6) is 0 Å². The van der Waals surface area contributed by atoms with Gasteiger partial charge in [-0.25, -0.2) is 0 Å². The summed E-state index contributed by atoms with van der Waals surface area (Å²) in [7, 11) is 0. The predicted molar refractivity (Wildman–Crippen MR) is 81.7 cm³/mol. The van der Waals surface area contributed by atoms with Gasteiger partial charge in [0.25, 0.3) is 5.91 Å². The molecule has 0 aliphatic rings. The SMILES string of the molecule is CCCC(CCC)Nc1cccc(C(=O)NCC)c1. The third kappa shape index (κ3) is 5.33. The Morgan fingerprint density at radius 2 is 1.84 bits per heavy atom. The summed E-state index contributed by atoms with van der Waals surface area (Å²) in [6.45, 7) is 6.99. The van der Waals surface area contributed by atoms with E-state index in [0.717, 1.165) is 11.3 Å². The highest BCUT2D eigenvalue weighted by molar-refractivity contribution is 5.95. The van der Waals surface area contributed by atoms with E-state index in [1.165, 1.54) is 25.7 Å². The van der Waals surface area contributed by atoms with Crippen LogP contribution in [0.25, 0.3) is 0 Å². The lowest BCUT2D eigenvalue weighted by Gasteiger charge is -2.19. The van der Waals surface area contributed by atoms with E-state index in [1.54, 1.807) is 0 Å². The minimum Gasteiger partial charge on any atom is -0.382 e. The van der Waals surface area contributed by atoms with Crippen LogP contribution in [0, 0.1) is 0 Å². The Balaban J connectivity index is 2.72. The van der Waals surface area contributed by atoms with Crippen LogP contribution < -0.4 is 10.6 Å². The predicted octanol–water partition coefficient (Wildman–Crippen LogP) is 3.82. The second kappa shape index (κ2) is 8.57. The van der Waals surface area contributed by atoms with Gasteiger partial charge in [-0.2, -0.15) is 0 Å². The number of carbonyl (C=O) groups excluding carboxylic acids is 1. The Kier molecular flexibility index (Phi) is 7.01. The number of amides is 1. The number of carbonyl (C=O) groups is 1.